The van der Waals surface area contributed by atoms with Gasteiger partial charge in [-0.2, -0.15) is 4.39 Å². The van der Waals surface area contributed by atoms with Crippen molar-refractivity contribution in [3.8, 4) is 0 Å². The number of rotatable bonds is 7. The SMILES string of the molecule is CCCCCC1CSC(c2cnc(CCC)nc2F)SC1. The van der Waals surface area contributed by atoms with Crippen LogP contribution in [0.4, 0.5) is 4.39 Å². The Morgan fingerprint density at radius 1 is 1.19 bits per heavy atom. The Labute approximate surface area is 136 Å². The van der Waals surface area contributed by atoms with Crippen LogP contribution in [0, 0.1) is 11.9 Å². The van der Waals surface area contributed by atoms with Crippen LogP contribution in [-0.4, -0.2) is 21.5 Å². The van der Waals surface area contributed by atoms with Crippen molar-refractivity contribution < 1.29 is 4.39 Å². The fourth-order valence-electron chi connectivity index (χ4n) is 2.48. The molecule has 0 aliphatic carbocycles. The average Bonchev–Trinajstić information content (AvgIpc) is 2.49. The Balaban J connectivity index is 1.87. The molecule has 0 saturated carbocycles. The van der Waals surface area contributed by atoms with Gasteiger partial charge < -0.3 is 0 Å². The van der Waals surface area contributed by atoms with Crippen LogP contribution in [0.15, 0.2) is 6.20 Å². The molecule has 2 rings (SSSR count). The second-order valence-corrected chi connectivity index (χ2v) is 8.22. The molecule has 0 aromatic carbocycles. The number of hydrogen-bond donors (Lipinski definition) is 0. The summed E-state index contributed by atoms with van der Waals surface area (Å²) in [7, 11) is 0. The molecule has 2 heterocycles. The van der Waals surface area contributed by atoms with E-state index in [1.165, 1.54) is 25.7 Å². The van der Waals surface area contributed by atoms with E-state index in [9.17, 15) is 4.39 Å². The van der Waals surface area contributed by atoms with Crippen molar-refractivity contribution in [1.29, 1.82) is 0 Å². The third-order valence-electron chi connectivity index (χ3n) is 3.73. The minimum atomic E-state index is -0.317. The lowest BCUT2D eigenvalue weighted by atomic mass is 10.1. The van der Waals surface area contributed by atoms with E-state index in [1.807, 2.05) is 23.5 Å². The summed E-state index contributed by atoms with van der Waals surface area (Å²) in [5.74, 6) is 3.37. The number of halogens is 1. The smallest absolute Gasteiger partial charge is 0.221 e. The minimum absolute atomic E-state index is 0.170. The molecular formula is C16H25FN2S2. The van der Waals surface area contributed by atoms with Crippen molar-refractivity contribution in [2.24, 2.45) is 5.92 Å². The molecule has 1 aromatic rings. The number of hydrogen-bond acceptors (Lipinski definition) is 4. The summed E-state index contributed by atoms with van der Waals surface area (Å²) in [4.78, 5) is 8.32. The summed E-state index contributed by atoms with van der Waals surface area (Å²) < 4.78 is 14.3. The average molecular weight is 329 g/mol. The van der Waals surface area contributed by atoms with Gasteiger partial charge in [-0.15, -0.1) is 23.5 Å². The summed E-state index contributed by atoms with van der Waals surface area (Å²) in [6.07, 6.45) is 8.66. The Morgan fingerprint density at radius 2 is 1.95 bits per heavy atom. The molecule has 1 aliphatic heterocycles. The van der Waals surface area contributed by atoms with E-state index in [-0.39, 0.29) is 10.5 Å². The summed E-state index contributed by atoms with van der Waals surface area (Å²) in [6.45, 7) is 4.30. The lowest BCUT2D eigenvalue weighted by molar-refractivity contribution is 0.542. The highest BCUT2D eigenvalue weighted by atomic mass is 32.2. The highest BCUT2D eigenvalue weighted by Crippen LogP contribution is 2.46. The van der Waals surface area contributed by atoms with E-state index in [2.05, 4.69) is 23.8 Å². The zero-order chi connectivity index (χ0) is 15.1. The maximum Gasteiger partial charge on any atom is 0.221 e. The standard InChI is InChI=1S/C16H25FN2S2/c1-3-5-6-8-12-10-20-16(21-11-12)13-9-18-14(7-4-2)19-15(13)17/h9,12,16H,3-8,10-11H2,1-2H3. The van der Waals surface area contributed by atoms with Gasteiger partial charge >= 0.3 is 0 Å². The fourth-order valence-corrected chi connectivity index (χ4v) is 5.62. The van der Waals surface area contributed by atoms with Gasteiger partial charge in [0.2, 0.25) is 5.95 Å². The molecule has 0 N–H and O–H groups in total. The topological polar surface area (TPSA) is 25.8 Å². The first kappa shape index (κ1) is 17.1. The van der Waals surface area contributed by atoms with E-state index in [4.69, 9.17) is 0 Å². The van der Waals surface area contributed by atoms with Crippen molar-refractivity contribution in [2.75, 3.05) is 11.5 Å². The zero-order valence-electron chi connectivity index (χ0n) is 13.0. The van der Waals surface area contributed by atoms with Gasteiger partial charge in [-0.3, -0.25) is 0 Å². The van der Waals surface area contributed by atoms with E-state index in [0.717, 1.165) is 30.3 Å². The molecule has 0 spiro atoms. The van der Waals surface area contributed by atoms with Crippen LogP contribution in [0.3, 0.4) is 0 Å². The molecule has 0 radical (unpaired) electrons. The third-order valence-corrected chi connectivity index (χ3v) is 6.99. The van der Waals surface area contributed by atoms with Crippen LogP contribution < -0.4 is 0 Å². The van der Waals surface area contributed by atoms with E-state index >= 15 is 0 Å². The van der Waals surface area contributed by atoms with Gasteiger partial charge in [-0.25, -0.2) is 9.97 Å². The van der Waals surface area contributed by atoms with E-state index in [1.54, 1.807) is 6.20 Å². The minimum Gasteiger partial charge on any atom is -0.241 e. The molecular weight excluding hydrogens is 303 g/mol. The van der Waals surface area contributed by atoms with Crippen LogP contribution >= 0.6 is 23.5 Å². The Morgan fingerprint density at radius 3 is 2.57 bits per heavy atom. The molecule has 0 unspecified atom stereocenters. The van der Waals surface area contributed by atoms with Crippen molar-refractivity contribution >= 4 is 23.5 Å². The molecule has 21 heavy (non-hydrogen) atoms. The van der Waals surface area contributed by atoms with Crippen LogP contribution in [0.2, 0.25) is 0 Å². The monoisotopic (exact) mass is 328 g/mol. The molecule has 118 valence electrons. The summed E-state index contributed by atoms with van der Waals surface area (Å²) in [5.41, 5.74) is 0.678. The Bertz CT molecular complexity index is 434. The quantitative estimate of drug-likeness (QED) is 0.505. The van der Waals surface area contributed by atoms with E-state index < -0.39 is 0 Å². The van der Waals surface area contributed by atoms with Gasteiger partial charge in [-0.05, 0) is 30.3 Å². The molecule has 2 nitrogen and oxygen atoms in total. The second-order valence-electron chi connectivity index (χ2n) is 5.64. The number of aryl methyl sites for hydroxylation is 1. The number of unbranched alkanes of at least 4 members (excludes halogenated alkanes) is 2. The van der Waals surface area contributed by atoms with Gasteiger partial charge in [0.1, 0.15) is 5.82 Å². The predicted octanol–water partition coefficient (Wildman–Crippen LogP) is 5.24. The maximum atomic E-state index is 14.1. The molecule has 0 bridgehead atoms. The second kappa shape index (κ2) is 8.99. The number of thioether (sulfide) groups is 2. The lowest BCUT2D eigenvalue weighted by Gasteiger charge is -2.27. The van der Waals surface area contributed by atoms with Gasteiger partial charge in [0, 0.05) is 18.2 Å². The Kier molecular flexibility index (Phi) is 7.30. The van der Waals surface area contributed by atoms with E-state index in [0.29, 0.717) is 11.4 Å². The first-order chi connectivity index (χ1) is 10.2. The molecule has 1 aromatic heterocycles. The van der Waals surface area contributed by atoms with Crippen LogP contribution in [0.1, 0.15) is 61.9 Å². The first-order valence-corrected chi connectivity index (χ1v) is 10.1. The van der Waals surface area contributed by atoms with Gasteiger partial charge in [-0.1, -0.05) is 33.1 Å². The molecule has 0 amide bonds. The van der Waals surface area contributed by atoms with Crippen molar-refractivity contribution in [2.45, 2.75) is 57.0 Å². The van der Waals surface area contributed by atoms with Crippen LogP contribution in [0.25, 0.3) is 0 Å². The molecule has 1 aliphatic rings. The zero-order valence-corrected chi connectivity index (χ0v) is 14.6. The highest BCUT2D eigenvalue weighted by molar-refractivity contribution is 8.16. The van der Waals surface area contributed by atoms with Crippen molar-refractivity contribution in [3.05, 3.63) is 23.5 Å². The van der Waals surface area contributed by atoms with Gasteiger partial charge in [0.05, 0.1) is 4.58 Å². The maximum absolute atomic E-state index is 14.1. The number of nitrogens with zero attached hydrogens (tertiary/aromatic N) is 2. The molecule has 1 fully saturated rings. The first-order valence-electron chi connectivity index (χ1n) is 7.99. The van der Waals surface area contributed by atoms with Crippen LogP contribution in [-0.2, 0) is 6.42 Å². The Hall–Kier alpha value is -0.290. The number of aromatic nitrogens is 2. The highest BCUT2D eigenvalue weighted by Gasteiger charge is 2.26. The van der Waals surface area contributed by atoms with Gasteiger partial charge in [0.25, 0.3) is 0 Å². The summed E-state index contributed by atoms with van der Waals surface area (Å²) in [6, 6.07) is 0. The largest absolute Gasteiger partial charge is 0.241 e. The van der Waals surface area contributed by atoms with Crippen molar-refractivity contribution in [3.63, 3.8) is 0 Å². The molecule has 0 atom stereocenters. The summed E-state index contributed by atoms with van der Waals surface area (Å²) in [5, 5.41) is 0. The molecule has 5 heteroatoms. The predicted molar refractivity (Wildman–Crippen MR) is 91.3 cm³/mol. The van der Waals surface area contributed by atoms with Crippen LogP contribution in [0.5, 0.6) is 0 Å². The van der Waals surface area contributed by atoms with Gasteiger partial charge in [0.15, 0.2) is 0 Å². The van der Waals surface area contributed by atoms with Crippen molar-refractivity contribution in [1.82, 2.24) is 9.97 Å². The lowest BCUT2D eigenvalue weighted by Crippen LogP contribution is -2.15. The molecule has 1 saturated heterocycles. The third kappa shape index (κ3) is 5.13. The fraction of sp³-hybridized carbons (Fsp3) is 0.750. The summed E-state index contributed by atoms with van der Waals surface area (Å²) >= 11 is 3.72. The normalized spacial score (nSPS) is 22.4.